The minimum Gasteiger partial charge on any atom is -0.507 e. The van der Waals surface area contributed by atoms with E-state index in [1.165, 1.54) is 0 Å². The van der Waals surface area contributed by atoms with E-state index in [1.807, 2.05) is 12.1 Å². The zero-order valence-corrected chi connectivity index (χ0v) is 10.2. The van der Waals surface area contributed by atoms with E-state index in [0.717, 1.165) is 18.4 Å². The van der Waals surface area contributed by atoms with Crippen molar-refractivity contribution >= 4 is 0 Å². The number of ether oxygens (including phenoxy) is 1. The van der Waals surface area contributed by atoms with Crippen molar-refractivity contribution in [1.82, 2.24) is 0 Å². The molecule has 0 spiro atoms. The molecule has 0 unspecified atom stereocenters. The molecule has 16 heavy (non-hydrogen) atoms. The van der Waals surface area contributed by atoms with Gasteiger partial charge in [-0.25, -0.2) is 0 Å². The summed E-state index contributed by atoms with van der Waals surface area (Å²) >= 11 is 0. The Bertz CT molecular complexity index is 337. The van der Waals surface area contributed by atoms with Crippen molar-refractivity contribution in [2.24, 2.45) is 11.7 Å². The quantitative estimate of drug-likeness (QED) is 0.807. The number of hydrogen-bond acceptors (Lipinski definition) is 3. The summed E-state index contributed by atoms with van der Waals surface area (Å²) in [5, 5.41) is 9.80. The molecule has 3 heteroatoms. The highest BCUT2D eigenvalue weighted by atomic mass is 16.5. The molecule has 0 heterocycles. The normalized spacial score (nSPS) is 12.8. The highest BCUT2D eigenvalue weighted by molar-refractivity contribution is 5.41. The zero-order chi connectivity index (χ0) is 12.1. The molecule has 0 saturated heterocycles. The van der Waals surface area contributed by atoms with Gasteiger partial charge in [0, 0.05) is 17.7 Å². The molecule has 0 saturated carbocycles. The Morgan fingerprint density at radius 1 is 1.31 bits per heavy atom. The molecule has 0 aliphatic carbocycles. The minimum atomic E-state index is -0.103. The summed E-state index contributed by atoms with van der Waals surface area (Å²) in [4.78, 5) is 0. The monoisotopic (exact) mass is 223 g/mol. The SMILES string of the molecule is COc1ccc([C@H](N)CCC(C)C)c(O)c1. The van der Waals surface area contributed by atoms with Crippen LogP contribution in [0.25, 0.3) is 0 Å². The van der Waals surface area contributed by atoms with Gasteiger partial charge in [0.25, 0.3) is 0 Å². The summed E-state index contributed by atoms with van der Waals surface area (Å²) in [7, 11) is 1.58. The molecule has 0 aromatic heterocycles. The molecule has 1 atom stereocenters. The smallest absolute Gasteiger partial charge is 0.124 e. The van der Waals surface area contributed by atoms with E-state index in [0.29, 0.717) is 11.7 Å². The van der Waals surface area contributed by atoms with E-state index in [4.69, 9.17) is 10.5 Å². The van der Waals surface area contributed by atoms with Crippen molar-refractivity contribution in [2.45, 2.75) is 32.7 Å². The fourth-order valence-electron chi connectivity index (χ4n) is 1.63. The molecule has 0 radical (unpaired) electrons. The first-order valence-corrected chi connectivity index (χ1v) is 5.67. The summed E-state index contributed by atoms with van der Waals surface area (Å²) in [5.41, 5.74) is 6.83. The fourth-order valence-corrected chi connectivity index (χ4v) is 1.63. The van der Waals surface area contributed by atoms with Crippen molar-refractivity contribution in [3.05, 3.63) is 23.8 Å². The summed E-state index contributed by atoms with van der Waals surface area (Å²) < 4.78 is 5.03. The summed E-state index contributed by atoms with van der Waals surface area (Å²) in [5.74, 6) is 1.50. The van der Waals surface area contributed by atoms with Gasteiger partial charge in [0.05, 0.1) is 7.11 Å². The maximum atomic E-state index is 9.80. The van der Waals surface area contributed by atoms with Gasteiger partial charge in [-0.1, -0.05) is 19.9 Å². The lowest BCUT2D eigenvalue weighted by atomic mass is 9.97. The Labute approximate surface area is 97.2 Å². The molecule has 0 bridgehead atoms. The van der Waals surface area contributed by atoms with Crippen LogP contribution in [0, 0.1) is 5.92 Å². The van der Waals surface area contributed by atoms with Crippen LogP contribution in [0.1, 0.15) is 38.3 Å². The van der Waals surface area contributed by atoms with Crippen LogP contribution in [0.2, 0.25) is 0 Å². The summed E-state index contributed by atoms with van der Waals surface area (Å²) in [6.45, 7) is 4.33. The first kappa shape index (κ1) is 12.8. The van der Waals surface area contributed by atoms with Gasteiger partial charge in [0.2, 0.25) is 0 Å². The second-order valence-corrected chi connectivity index (χ2v) is 4.50. The first-order chi connectivity index (χ1) is 7.54. The zero-order valence-electron chi connectivity index (χ0n) is 10.2. The van der Waals surface area contributed by atoms with E-state index in [9.17, 15) is 5.11 Å². The molecule has 3 N–H and O–H groups in total. The second kappa shape index (κ2) is 5.75. The fraction of sp³-hybridized carbons (Fsp3) is 0.538. The number of methoxy groups -OCH3 is 1. The predicted octanol–water partition coefficient (Wildman–Crippen LogP) is 2.84. The topological polar surface area (TPSA) is 55.5 Å². The van der Waals surface area contributed by atoms with Gasteiger partial charge < -0.3 is 15.6 Å². The van der Waals surface area contributed by atoms with E-state index in [1.54, 1.807) is 13.2 Å². The van der Waals surface area contributed by atoms with Gasteiger partial charge in [-0.2, -0.15) is 0 Å². The van der Waals surface area contributed by atoms with E-state index in [-0.39, 0.29) is 11.8 Å². The Morgan fingerprint density at radius 2 is 2.00 bits per heavy atom. The van der Waals surface area contributed by atoms with Crippen LogP contribution in [0.5, 0.6) is 11.5 Å². The standard InChI is InChI=1S/C13H21NO2/c1-9(2)4-7-12(14)11-6-5-10(16-3)8-13(11)15/h5-6,8-9,12,15H,4,7,14H2,1-3H3/t12-/m1/s1. The van der Waals surface area contributed by atoms with Crippen molar-refractivity contribution in [2.75, 3.05) is 7.11 Å². The second-order valence-electron chi connectivity index (χ2n) is 4.50. The van der Waals surface area contributed by atoms with Crippen molar-refractivity contribution in [3.63, 3.8) is 0 Å². The molecule has 1 rings (SSSR count). The molecule has 0 fully saturated rings. The van der Waals surface area contributed by atoms with Crippen LogP contribution in [-0.2, 0) is 0 Å². The number of phenols is 1. The van der Waals surface area contributed by atoms with Crippen LogP contribution in [0.15, 0.2) is 18.2 Å². The van der Waals surface area contributed by atoms with Gasteiger partial charge in [0.15, 0.2) is 0 Å². The van der Waals surface area contributed by atoms with Crippen LogP contribution in [-0.4, -0.2) is 12.2 Å². The lowest BCUT2D eigenvalue weighted by molar-refractivity contribution is 0.403. The highest BCUT2D eigenvalue weighted by Crippen LogP contribution is 2.29. The van der Waals surface area contributed by atoms with Crippen LogP contribution >= 0.6 is 0 Å². The number of benzene rings is 1. The molecular weight excluding hydrogens is 202 g/mol. The average molecular weight is 223 g/mol. The van der Waals surface area contributed by atoms with Gasteiger partial charge in [-0.05, 0) is 24.8 Å². The van der Waals surface area contributed by atoms with Crippen LogP contribution in [0.3, 0.4) is 0 Å². The molecule has 1 aromatic carbocycles. The number of nitrogens with two attached hydrogens (primary N) is 1. The molecular formula is C13H21NO2. The molecule has 0 aliphatic heterocycles. The maximum Gasteiger partial charge on any atom is 0.124 e. The van der Waals surface area contributed by atoms with Crippen LogP contribution < -0.4 is 10.5 Å². The number of hydrogen-bond donors (Lipinski definition) is 2. The third kappa shape index (κ3) is 3.42. The molecule has 90 valence electrons. The van der Waals surface area contributed by atoms with E-state index < -0.39 is 0 Å². The Balaban J connectivity index is 2.71. The Hall–Kier alpha value is -1.22. The largest absolute Gasteiger partial charge is 0.507 e. The third-order valence-electron chi connectivity index (χ3n) is 2.69. The number of aromatic hydroxyl groups is 1. The van der Waals surface area contributed by atoms with Crippen molar-refractivity contribution in [3.8, 4) is 11.5 Å². The highest BCUT2D eigenvalue weighted by Gasteiger charge is 2.12. The minimum absolute atomic E-state index is 0.103. The number of phenolic OH excluding ortho intramolecular Hbond substituents is 1. The molecule has 1 aromatic rings. The van der Waals surface area contributed by atoms with Crippen LogP contribution in [0.4, 0.5) is 0 Å². The Morgan fingerprint density at radius 3 is 2.50 bits per heavy atom. The molecule has 3 nitrogen and oxygen atoms in total. The van der Waals surface area contributed by atoms with Gasteiger partial charge in [-0.3, -0.25) is 0 Å². The summed E-state index contributed by atoms with van der Waals surface area (Å²) in [6.07, 6.45) is 1.95. The first-order valence-electron chi connectivity index (χ1n) is 5.67. The molecule has 0 amide bonds. The van der Waals surface area contributed by atoms with Gasteiger partial charge in [-0.15, -0.1) is 0 Å². The van der Waals surface area contributed by atoms with E-state index in [2.05, 4.69) is 13.8 Å². The van der Waals surface area contributed by atoms with E-state index >= 15 is 0 Å². The van der Waals surface area contributed by atoms with Gasteiger partial charge >= 0.3 is 0 Å². The summed E-state index contributed by atoms with van der Waals surface area (Å²) in [6, 6.07) is 5.15. The third-order valence-corrected chi connectivity index (χ3v) is 2.69. The van der Waals surface area contributed by atoms with Crippen molar-refractivity contribution < 1.29 is 9.84 Å². The molecule has 0 aliphatic rings. The maximum absolute atomic E-state index is 9.80. The lowest BCUT2D eigenvalue weighted by Crippen LogP contribution is -2.11. The average Bonchev–Trinajstić information content (AvgIpc) is 2.25. The van der Waals surface area contributed by atoms with Crippen molar-refractivity contribution in [1.29, 1.82) is 0 Å². The lowest BCUT2D eigenvalue weighted by Gasteiger charge is -2.15. The number of rotatable bonds is 5. The van der Waals surface area contributed by atoms with Gasteiger partial charge in [0.1, 0.15) is 11.5 Å². The Kier molecular flexibility index (Phi) is 4.62. The predicted molar refractivity (Wildman–Crippen MR) is 65.7 cm³/mol.